The van der Waals surface area contributed by atoms with E-state index in [1.165, 1.54) is 39.4 Å². The summed E-state index contributed by atoms with van der Waals surface area (Å²) in [7, 11) is -2.30. The topological polar surface area (TPSA) is 144 Å². The molecule has 0 spiro atoms. The predicted molar refractivity (Wildman–Crippen MR) is 149 cm³/mol. The van der Waals surface area contributed by atoms with Crippen LogP contribution in [0.2, 0.25) is 5.02 Å². The number of nitrogens with one attached hydrogen (secondary N) is 3. The third-order valence-corrected chi connectivity index (χ3v) is 8.74. The van der Waals surface area contributed by atoms with Gasteiger partial charge in [-0.05, 0) is 70.2 Å². The van der Waals surface area contributed by atoms with Crippen molar-refractivity contribution in [2.45, 2.75) is 56.8 Å². The molecule has 206 valence electrons. The molecule has 0 atom stereocenters. The van der Waals surface area contributed by atoms with Gasteiger partial charge in [0, 0.05) is 19.3 Å². The molecule has 0 radical (unpaired) electrons. The molecule has 0 bridgehead atoms. The van der Waals surface area contributed by atoms with Gasteiger partial charge >= 0.3 is 0 Å². The van der Waals surface area contributed by atoms with Crippen LogP contribution in [0.5, 0.6) is 5.75 Å². The lowest BCUT2D eigenvalue weighted by molar-refractivity contribution is 0.303. The van der Waals surface area contributed by atoms with Crippen LogP contribution in [0.3, 0.4) is 0 Å². The van der Waals surface area contributed by atoms with Gasteiger partial charge in [-0.3, -0.25) is 4.99 Å². The largest absolute Gasteiger partial charge is 0.488 e. The molecule has 2 aliphatic rings. The van der Waals surface area contributed by atoms with Gasteiger partial charge < -0.3 is 26.4 Å². The van der Waals surface area contributed by atoms with Crippen molar-refractivity contribution >= 4 is 45.1 Å². The number of benzene rings is 1. The second-order valence-electron chi connectivity index (χ2n) is 9.61. The number of hydrogen-bond donors (Lipinski definition) is 4. The maximum atomic E-state index is 15.3. The first-order valence-corrected chi connectivity index (χ1v) is 14.5. The Labute approximate surface area is 227 Å². The van der Waals surface area contributed by atoms with Gasteiger partial charge in [-0.1, -0.05) is 11.6 Å². The Kier molecular flexibility index (Phi) is 8.74. The summed E-state index contributed by atoms with van der Waals surface area (Å²) in [6.07, 6.45) is 6.31. The summed E-state index contributed by atoms with van der Waals surface area (Å²) in [5, 5.41) is 8.17. The lowest BCUT2D eigenvalue weighted by Gasteiger charge is -2.24. The Morgan fingerprint density at radius 2 is 2.00 bits per heavy atom. The zero-order valence-electron chi connectivity index (χ0n) is 21.6. The molecule has 2 fully saturated rings. The Morgan fingerprint density at radius 3 is 2.63 bits per heavy atom. The lowest BCUT2D eigenvalue weighted by Crippen LogP contribution is -2.27. The highest BCUT2D eigenvalue weighted by molar-refractivity contribution is 7.95. The van der Waals surface area contributed by atoms with Gasteiger partial charge in [0.05, 0.1) is 28.9 Å². The fraction of sp³-hybridized carbons (Fsp3) is 0.480. The first-order chi connectivity index (χ1) is 18.1. The van der Waals surface area contributed by atoms with Gasteiger partial charge in [-0.25, -0.2) is 17.8 Å². The van der Waals surface area contributed by atoms with Crippen molar-refractivity contribution in [1.82, 2.24) is 15.3 Å². The number of halogens is 2. The third-order valence-electron chi connectivity index (χ3n) is 6.39. The van der Waals surface area contributed by atoms with Crippen molar-refractivity contribution < 1.29 is 17.5 Å². The Balaban J connectivity index is 1.65. The minimum atomic E-state index is -3.78. The Morgan fingerprint density at radius 1 is 1.29 bits per heavy atom. The van der Waals surface area contributed by atoms with E-state index in [-0.39, 0.29) is 40.3 Å². The number of piperidine rings is 1. The van der Waals surface area contributed by atoms with Gasteiger partial charge in [0.2, 0.25) is 5.95 Å². The molecule has 38 heavy (non-hydrogen) atoms. The van der Waals surface area contributed by atoms with Crippen molar-refractivity contribution in [2.24, 2.45) is 10.7 Å². The average Bonchev–Trinajstić information content (AvgIpc) is 3.71. The molecule has 5 N–H and O–H groups in total. The summed E-state index contributed by atoms with van der Waals surface area (Å²) in [6, 6.07) is 3.18. The van der Waals surface area contributed by atoms with Crippen LogP contribution in [0.1, 0.15) is 51.0 Å². The second kappa shape index (κ2) is 11.8. The highest BCUT2D eigenvalue weighted by atomic mass is 35.5. The highest BCUT2D eigenvalue weighted by Gasteiger charge is 2.28. The van der Waals surface area contributed by atoms with E-state index in [0.29, 0.717) is 17.0 Å². The number of aliphatic imine (C=N–C) groups is 1. The summed E-state index contributed by atoms with van der Waals surface area (Å²) in [5.74, 6) is 0.516. The summed E-state index contributed by atoms with van der Waals surface area (Å²) in [6.45, 7) is 4.75. The van der Waals surface area contributed by atoms with Crippen LogP contribution >= 0.6 is 11.6 Å². The van der Waals surface area contributed by atoms with Crippen LogP contribution in [-0.4, -0.2) is 56.1 Å². The standard InChI is InChI=1S/C25H33ClFN7O3S/c1-14(2)38(35,36)23(28)21(13-29-3)32-24-18(26)12-31-25(34-24)33-20-11-19(27)17(15-6-8-30-9-7-15)10-22(20)37-16-4-5-16/h10-16,30H,4-9,28H2,1-3H3,(H2,31,32,33,34). The van der Waals surface area contributed by atoms with E-state index in [9.17, 15) is 8.42 Å². The molecule has 1 aliphatic carbocycles. The number of allylic oxidation sites excluding steroid dienone is 1. The first kappa shape index (κ1) is 28.1. The lowest BCUT2D eigenvalue weighted by atomic mass is 9.89. The van der Waals surface area contributed by atoms with Crippen molar-refractivity contribution in [2.75, 3.05) is 30.8 Å². The Bertz CT molecular complexity index is 1340. The molecule has 0 unspecified atom stereocenters. The number of nitrogens with two attached hydrogens (primary N) is 1. The fourth-order valence-electron chi connectivity index (χ4n) is 4.03. The van der Waals surface area contributed by atoms with E-state index in [0.717, 1.165) is 38.8 Å². The fourth-order valence-corrected chi connectivity index (χ4v) is 5.09. The van der Waals surface area contributed by atoms with Gasteiger partial charge in [0.1, 0.15) is 16.6 Å². The molecular formula is C25H33ClFN7O3S. The van der Waals surface area contributed by atoms with Crippen molar-refractivity contribution in [3.05, 3.63) is 45.5 Å². The number of anilines is 3. The van der Waals surface area contributed by atoms with Crippen LogP contribution < -0.4 is 26.4 Å². The highest BCUT2D eigenvalue weighted by Crippen LogP contribution is 2.39. The summed E-state index contributed by atoms with van der Waals surface area (Å²) in [5.41, 5.74) is 7.02. The number of ether oxygens (including phenoxy) is 1. The van der Waals surface area contributed by atoms with Crippen LogP contribution in [0, 0.1) is 5.82 Å². The van der Waals surface area contributed by atoms with Crippen LogP contribution in [0.4, 0.5) is 21.8 Å². The second-order valence-corrected chi connectivity index (χ2v) is 12.5. The molecule has 2 heterocycles. The maximum Gasteiger partial charge on any atom is 0.229 e. The van der Waals surface area contributed by atoms with Crippen molar-refractivity contribution in [1.29, 1.82) is 0 Å². The molecule has 4 rings (SSSR count). The minimum absolute atomic E-state index is 0.0166. The Hall–Kier alpha value is -2.96. The van der Waals surface area contributed by atoms with Gasteiger partial charge in [0.15, 0.2) is 20.7 Å². The zero-order valence-corrected chi connectivity index (χ0v) is 23.2. The third kappa shape index (κ3) is 6.54. The number of nitrogens with zero attached hydrogens (tertiary/aromatic N) is 3. The zero-order chi connectivity index (χ0) is 27.4. The summed E-state index contributed by atoms with van der Waals surface area (Å²) in [4.78, 5) is 12.5. The average molecular weight is 566 g/mol. The molecule has 10 nitrogen and oxygen atoms in total. The van der Waals surface area contributed by atoms with E-state index >= 15 is 4.39 Å². The van der Waals surface area contributed by atoms with E-state index < -0.39 is 20.1 Å². The molecule has 1 saturated heterocycles. The van der Waals surface area contributed by atoms with Crippen LogP contribution in [0.25, 0.3) is 0 Å². The number of hydrogen-bond acceptors (Lipinski definition) is 10. The van der Waals surface area contributed by atoms with E-state index in [2.05, 4.69) is 30.9 Å². The molecule has 1 saturated carbocycles. The quantitative estimate of drug-likeness (QED) is 0.313. The SMILES string of the molecule is CN=CC(Nc1nc(Nc2cc(F)c(C3CCNCC3)cc2OC2CC2)ncc1Cl)=C(N)S(=O)(=O)C(C)C. The normalized spacial score (nSPS) is 17.5. The summed E-state index contributed by atoms with van der Waals surface area (Å²) >= 11 is 6.30. The summed E-state index contributed by atoms with van der Waals surface area (Å²) < 4.78 is 46.6. The molecule has 2 aromatic rings. The number of aromatic nitrogens is 2. The smallest absolute Gasteiger partial charge is 0.229 e. The predicted octanol–water partition coefficient (Wildman–Crippen LogP) is 4.08. The molecule has 1 aliphatic heterocycles. The minimum Gasteiger partial charge on any atom is -0.488 e. The van der Waals surface area contributed by atoms with E-state index in [1.54, 1.807) is 6.07 Å². The number of sulfone groups is 1. The molecule has 1 aromatic heterocycles. The van der Waals surface area contributed by atoms with Gasteiger partial charge in [-0.2, -0.15) is 4.98 Å². The van der Waals surface area contributed by atoms with E-state index in [4.69, 9.17) is 22.1 Å². The van der Waals surface area contributed by atoms with Crippen LogP contribution in [0.15, 0.2) is 34.0 Å². The molecule has 13 heteroatoms. The van der Waals surface area contributed by atoms with Crippen molar-refractivity contribution in [3.63, 3.8) is 0 Å². The van der Waals surface area contributed by atoms with Gasteiger partial charge in [-0.15, -0.1) is 0 Å². The monoisotopic (exact) mass is 565 g/mol. The number of rotatable bonds is 10. The van der Waals surface area contributed by atoms with Crippen LogP contribution in [-0.2, 0) is 9.84 Å². The maximum absolute atomic E-state index is 15.3. The first-order valence-electron chi connectivity index (χ1n) is 12.5. The molecule has 0 amide bonds. The van der Waals surface area contributed by atoms with E-state index in [1.807, 2.05) is 0 Å². The molecule has 1 aromatic carbocycles. The van der Waals surface area contributed by atoms with Crippen molar-refractivity contribution in [3.8, 4) is 5.75 Å². The molecular weight excluding hydrogens is 533 g/mol. The van der Waals surface area contributed by atoms with Gasteiger partial charge in [0.25, 0.3) is 0 Å².